The van der Waals surface area contributed by atoms with Gasteiger partial charge in [-0.1, -0.05) is 32.9 Å². The van der Waals surface area contributed by atoms with Crippen LogP contribution in [-0.2, 0) is 28.7 Å². The number of allylic oxidation sites excluding steroid dienone is 3. The number of esters is 1. The van der Waals surface area contributed by atoms with E-state index in [1.165, 1.54) is 13.8 Å². The van der Waals surface area contributed by atoms with E-state index in [0.29, 0.717) is 37.1 Å². The lowest BCUT2D eigenvalue weighted by molar-refractivity contribution is -0.150. The molecule has 0 radical (unpaired) electrons. The Morgan fingerprint density at radius 2 is 1.79 bits per heavy atom. The van der Waals surface area contributed by atoms with Crippen molar-refractivity contribution in [2.24, 2.45) is 22.7 Å². The van der Waals surface area contributed by atoms with E-state index < -0.39 is 40.4 Å². The van der Waals surface area contributed by atoms with Crippen LogP contribution in [0.3, 0.4) is 0 Å². The molecule has 1 fully saturated rings. The van der Waals surface area contributed by atoms with Gasteiger partial charge >= 0.3 is 5.97 Å². The molecule has 0 aromatic carbocycles. The molecule has 5 atom stereocenters. The zero-order valence-corrected chi connectivity index (χ0v) is 24.0. The molecule has 39 heavy (non-hydrogen) atoms. The largest absolute Gasteiger partial charge is 0.504 e. The topological polar surface area (TPSA) is 110 Å². The molecule has 1 N–H and O–H groups in total. The summed E-state index contributed by atoms with van der Waals surface area (Å²) in [7, 11) is 1.56. The maximum Gasteiger partial charge on any atom is 0.303 e. The van der Waals surface area contributed by atoms with E-state index in [1.807, 2.05) is 25.7 Å². The molecule has 0 bridgehead atoms. The van der Waals surface area contributed by atoms with E-state index in [1.54, 1.807) is 25.5 Å². The number of hydrogen-bond acceptors (Lipinski definition) is 8. The summed E-state index contributed by atoms with van der Waals surface area (Å²) in [4.78, 5) is 54.5. The van der Waals surface area contributed by atoms with Gasteiger partial charge in [0.05, 0.1) is 0 Å². The second-order valence-electron chi connectivity index (χ2n) is 11.3. The number of nitrogens with zero attached hydrogens (tertiary/aromatic N) is 1. The van der Waals surface area contributed by atoms with Gasteiger partial charge in [0.25, 0.3) is 0 Å². The fourth-order valence-corrected chi connectivity index (χ4v) is 6.82. The van der Waals surface area contributed by atoms with Crippen molar-refractivity contribution in [3.05, 3.63) is 59.6 Å². The highest BCUT2D eigenvalue weighted by Crippen LogP contribution is 2.62. The molecule has 0 aliphatic heterocycles. The normalized spacial score (nSPS) is 29.5. The summed E-state index contributed by atoms with van der Waals surface area (Å²) in [6.45, 7) is 16.9. The van der Waals surface area contributed by atoms with Gasteiger partial charge in [0.15, 0.2) is 11.5 Å². The molecular formula is C31H41NO7. The smallest absolute Gasteiger partial charge is 0.303 e. The number of rotatable bonds is 11. The van der Waals surface area contributed by atoms with Crippen molar-refractivity contribution in [1.29, 1.82) is 0 Å². The molecule has 3 rings (SSSR count). The lowest BCUT2D eigenvalue weighted by Gasteiger charge is -2.52. The molecule has 1 saturated carbocycles. The number of aliphatic hydroxyl groups is 1. The number of fused-ring (bicyclic) bond motifs is 2. The van der Waals surface area contributed by atoms with Crippen LogP contribution < -0.4 is 0 Å². The molecule has 0 aromatic rings. The van der Waals surface area contributed by atoms with Gasteiger partial charge in [-0.15, -0.1) is 13.2 Å². The van der Waals surface area contributed by atoms with E-state index in [9.17, 15) is 24.3 Å². The molecule has 3 aliphatic rings. The summed E-state index contributed by atoms with van der Waals surface area (Å²) in [6, 6.07) is 0. The summed E-state index contributed by atoms with van der Waals surface area (Å²) in [5, 5.41) is 11.7. The summed E-state index contributed by atoms with van der Waals surface area (Å²) < 4.78 is 11.4. The van der Waals surface area contributed by atoms with Gasteiger partial charge in [-0.25, -0.2) is 0 Å². The quantitative estimate of drug-likeness (QED) is 0.233. The number of methoxy groups -OCH3 is 1. The number of ketones is 3. The van der Waals surface area contributed by atoms with Crippen molar-refractivity contribution >= 4 is 23.3 Å². The van der Waals surface area contributed by atoms with Crippen LogP contribution in [0.25, 0.3) is 0 Å². The Labute approximate surface area is 231 Å². The van der Waals surface area contributed by atoms with E-state index in [2.05, 4.69) is 13.2 Å². The minimum absolute atomic E-state index is 0.0127. The Morgan fingerprint density at radius 3 is 2.31 bits per heavy atom. The first-order chi connectivity index (χ1) is 18.3. The molecular weight excluding hydrogens is 498 g/mol. The Bertz CT molecular complexity index is 1180. The maximum atomic E-state index is 14.1. The van der Waals surface area contributed by atoms with E-state index in [0.717, 1.165) is 0 Å². The van der Waals surface area contributed by atoms with Crippen molar-refractivity contribution in [1.82, 2.24) is 4.90 Å². The van der Waals surface area contributed by atoms with Crippen LogP contribution in [0.4, 0.5) is 0 Å². The fourth-order valence-electron chi connectivity index (χ4n) is 6.82. The van der Waals surface area contributed by atoms with Gasteiger partial charge in [0.2, 0.25) is 5.78 Å². The average molecular weight is 540 g/mol. The van der Waals surface area contributed by atoms with Crippen LogP contribution in [0.5, 0.6) is 0 Å². The molecule has 0 saturated heterocycles. The molecule has 3 aliphatic carbocycles. The van der Waals surface area contributed by atoms with Gasteiger partial charge in [-0.3, -0.25) is 19.2 Å². The Balaban J connectivity index is 2.42. The van der Waals surface area contributed by atoms with Crippen molar-refractivity contribution in [3.8, 4) is 0 Å². The van der Waals surface area contributed by atoms with Gasteiger partial charge in [-0.2, -0.15) is 0 Å². The maximum absolute atomic E-state index is 14.1. The number of hydrogen-bond donors (Lipinski definition) is 1. The van der Waals surface area contributed by atoms with Gasteiger partial charge in [0.1, 0.15) is 11.9 Å². The summed E-state index contributed by atoms with van der Waals surface area (Å²) in [5.74, 6) is -2.81. The molecule has 0 aromatic heterocycles. The van der Waals surface area contributed by atoms with Crippen LogP contribution in [0.2, 0.25) is 0 Å². The lowest BCUT2D eigenvalue weighted by Crippen LogP contribution is -2.52. The molecule has 0 amide bonds. The molecule has 212 valence electrons. The highest BCUT2D eigenvalue weighted by Gasteiger charge is 2.61. The van der Waals surface area contributed by atoms with Crippen LogP contribution in [-0.4, -0.2) is 66.2 Å². The number of Topliss-reactive ketones (excluding diaryl/α,β-unsaturated/α-hetero) is 3. The molecule has 8 heteroatoms. The highest BCUT2D eigenvalue weighted by molar-refractivity contribution is 6.13. The number of ether oxygens (including phenoxy) is 2. The standard InChI is InChI=1S/C31H41NO7/c1-9-13-32(14-10-2)16-21(19(4)33)26-29(37)28(36)25-22-11-12-24(35)30(22,6)15-23(39-20(5)34)27(25)31(26,7)18(3)17-38-8/h9-10,16,18,22-23,37H,1-2,11-15,17H2,3-8H3/b21-16-/t18-,22+,23-,30+,31+/m1/s1. The second kappa shape index (κ2) is 11.5. The molecule has 0 spiro atoms. The SMILES string of the molecule is C=CCN(/C=C(/C(C)=O)C1=C(O)C(=O)C2=C([C@H](OC(C)=O)C[C@]3(C)C(=O)CC[C@@H]23)[C@@]1(C)[C@H](C)COC)CC=C. The first-order valence-electron chi connectivity index (χ1n) is 13.4. The lowest BCUT2D eigenvalue weighted by atomic mass is 9.52. The van der Waals surface area contributed by atoms with Crippen molar-refractivity contribution in [2.45, 2.75) is 60.0 Å². The molecule has 0 heterocycles. The van der Waals surface area contributed by atoms with Gasteiger partial charge in [-0.05, 0) is 24.8 Å². The summed E-state index contributed by atoms with van der Waals surface area (Å²) >= 11 is 0. The first-order valence-corrected chi connectivity index (χ1v) is 13.4. The average Bonchev–Trinajstić information content (AvgIpc) is 3.14. The van der Waals surface area contributed by atoms with Crippen molar-refractivity contribution < 1.29 is 33.8 Å². The predicted octanol–water partition coefficient (Wildman–Crippen LogP) is 4.43. The van der Waals surface area contributed by atoms with Crippen LogP contribution >= 0.6 is 0 Å². The Hall–Kier alpha value is -3.26. The third-order valence-corrected chi connectivity index (χ3v) is 8.81. The molecule has 0 unspecified atom stereocenters. The van der Waals surface area contributed by atoms with E-state index in [4.69, 9.17) is 9.47 Å². The molecule has 8 nitrogen and oxygen atoms in total. The van der Waals surface area contributed by atoms with Crippen LogP contribution in [0.15, 0.2) is 59.6 Å². The van der Waals surface area contributed by atoms with Crippen LogP contribution in [0, 0.1) is 22.7 Å². The Morgan fingerprint density at radius 1 is 1.18 bits per heavy atom. The van der Waals surface area contributed by atoms with E-state index >= 15 is 0 Å². The third-order valence-electron chi connectivity index (χ3n) is 8.81. The zero-order valence-electron chi connectivity index (χ0n) is 24.0. The van der Waals surface area contributed by atoms with Crippen LogP contribution in [0.1, 0.15) is 53.9 Å². The third kappa shape index (κ3) is 5.07. The predicted molar refractivity (Wildman–Crippen MR) is 148 cm³/mol. The van der Waals surface area contributed by atoms with Crippen molar-refractivity contribution in [2.75, 3.05) is 26.8 Å². The minimum Gasteiger partial charge on any atom is -0.504 e. The van der Waals surface area contributed by atoms with E-state index in [-0.39, 0.29) is 41.7 Å². The van der Waals surface area contributed by atoms with Gasteiger partial charge in [0, 0.05) is 86.2 Å². The highest BCUT2D eigenvalue weighted by atomic mass is 16.5. The fraction of sp³-hybridized carbons (Fsp3) is 0.548. The number of carbonyl (C=O) groups is 4. The Kier molecular flexibility index (Phi) is 8.90. The van der Waals surface area contributed by atoms with Crippen molar-refractivity contribution in [3.63, 3.8) is 0 Å². The minimum atomic E-state index is -1.14. The second-order valence-corrected chi connectivity index (χ2v) is 11.3. The zero-order chi connectivity index (χ0) is 29.3. The number of aliphatic hydroxyl groups excluding tert-OH is 1. The monoisotopic (exact) mass is 539 g/mol. The first kappa shape index (κ1) is 30.3. The summed E-state index contributed by atoms with van der Waals surface area (Å²) in [5.41, 5.74) is -0.831. The van der Waals surface area contributed by atoms with Gasteiger partial charge < -0.3 is 19.5 Å². The summed E-state index contributed by atoms with van der Waals surface area (Å²) in [6.07, 6.45) is 5.09. The number of carbonyl (C=O) groups excluding carboxylic acids is 4.